The number of fused-ring (bicyclic) bond motifs is 1. The number of nitrogens with one attached hydrogen (secondary N) is 2. The van der Waals surface area contributed by atoms with E-state index in [1.54, 1.807) is 60.7 Å². The van der Waals surface area contributed by atoms with Crippen LogP contribution in [0.1, 0.15) is 16.8 Å². The van der Waals surface area contributed by atoms with E-state index in [2.05, 4.69) is 49.8 Å². The van der Waals surface area contributed by atoms with Crippen LogP contribution in [0.25, 0.3) is 10.8 Å². The smallest absolute Gasteiger partial charge is 0.691 e. The molecule has 0 atom stereocenters. The Morgan fingerprint density at radius 2 is 1.44 bits per heavy atom. The standard InChI is InChI=1S/C34H30N6O13S2.Cu.3Na/c1-48-29-17-26(28(41)16-27(29)39-37-22-6-9-24(10-7-22)54-52-50-46)38-40-32-30(55-53-51-47)15-20-14-23(8-11-25(20)33(32)44)36-34(45)19-2-4-21(5-3-19)35-18-49-13-12-31(42)43;;;;/h2-11,14-17,35,41,44,46-47H,12-13,18H2,1H3,(H,36,45)(H,42,43);;;;/q;;3*+1/p-3. The number of carbonyl (C=O) groups excluding carboxylic acids is 2. The molecule has 4 N–H and O–H groups in total. The SMILES string of the molecule is COc1cc(N=Nc2c(SOO[O-])cc3cc(NC(=O)c4ccc(NCOCCC(=O)[O-])cc4)ccc3c2O)c(O)cc1N=Nc1ccc(SOO[O-])cc1.[Cu].[Na+].[Na+].[Na+]. The average molecular weight is 924 g/mol. The number of anilines is 2. The third kappa shape index (κ3) is 16.5. The Morgan fingerprint density at radius 1 is 0.780 bits per heavy atom. The second kappa shape index (κ2) is 28.3. The molecule has 0 saturated heterocycles. The molecule has 0 aromatic heterocycles. The van der Waals surface area contributed by atoms with Gasteiger partial charge in [0.2, 0.25) is 0 Å². The number of aliphatic carboxylic acids is 1. The molecule has 0 bridgehead atoms. The van der Waals surface area contributed by atoms with Gasteiger partial charge in [-0.1, -0.05) is 0 Å². The van der Waals surface area contributed by atoms with Gasteiger partial charge in [0.25, 0.3) is 5.91 Å². The fraction of sp³-hybridized carbons (Fsp3) is 0.118. The molecule has 0 unspecified atom stereocenters. The summed E-state index contributed by atoms with van der Waals surface area (Å²) in [4.78, 5) is 24.1. The summed E-state index contributed by atoms with van der Waals surface area (Å²) in [5.41, 5.74) is 1.73. The van der Waals surface area contributed by atoms with Gasteiger partial charge >= 0.3 is 88.7 Å². The largest absolute Gasteiger partial charge is 1.00 e. The molecule has 5 rings (SSSR count). The second-order valence-electron chi connectivity index (χ2n) is 10.7. The van der Waals surface area contributed by atoms with E-state index < -0.39 is 11.9 Å². The van der Waals surface area contributed by atoms with Crippen LogP contribution < -0.4 is 120 Å². The minimum Gasteiger partial charge on any atom is -0.691 e. The van der Waals surface area contributed by atoms with Crippen molar-refractivity contribution in [2.75, 3.05) is 31.1 Å². The van der Waals surface area contributed by atoms with E-state index in [1.165, 1.54) is 31.4 Å². The molecule has 0 aliphatic heterocycles. The van der Waals surface area contributed by atoms with Crippen LogP contribution in [-0.4, -0.2) is 42.5 Å². The average Bonchev–Trinajstić information content (AvgIpc) is 3.19. The van der Waals surface area contributed by atoms with Gasteiger partial charge < -0.3 is 50.7 Å². The van der Waals surface area contributed by atoms with Crippen LogP contribution in [0.5, 0.6) is 17.2 Å². The number of phenols is 2. The molecule has 297 valence electrons. The molecule has 0 aliphatic carbocycles. The number of amides is 1. The number of benzene rings is 5. The normalized spacial score (nSPS) is 10.6. The quantitative estimate of drug-likeness (QED) is 0.0118. The molecule has 1 radical (unpaired) electrons. The summed E-state index contributed by atoms with van der Waals surface area (Å²) in [5, 5.41) is 82.8. The zero-order chi connectivity index (χ0) is 39.2. The number of methoxy groups -OCH3 is 1. The molecule has 0 heterocycles. The van der Waals surface area contributed by atoms with Gasteiger partial charge in [-0.05, 0) is 78.2 Å². The summed E-state index contributed by atoms with van der Waals surface area (Å²) >= 11 is 1.15. The molecule has 1 amide bonds. The first-order valence-corrected chi connectivity index (χ1v) is 17.0. The summed E-state index contributed by atoms with van der Waals surface area (Å²) in [5.74, 6) is -2.20. The Bertz CT molecular complexity index is 2200. The third-order valence-electron chi connectivity index (χ3n) is 7.24. The van der Waals surface area contributed by atoms with Crippen LogP contribution >= 0.6 is 24.1 Å². The van der Waals surface area contributed by atoms with Crippen molar-refractivity contribution in [3.8, 4) is 17.2 Å². The molecule has 0 spiro atoms. The van der Waals surface area contributed by atoms with Crippen molar-refractivity contribution in [3.63, 3.8) is 0 Å². The Kier molecular flexibility index (Phi) is 26.2. The predicted molar refractivity (Wildman–Crippen MR) is 190 cm³/mol. The third-order valence-corrected chi connectivity index (χ3v) is 8.44. The number of aromatic hydroxyl groups is 2. The Balaban J connectivity index is 0.00000435. The van der Waals surface area contributed by atoms with Gasteiger partial charge in [0.05, 0.1) is 48.4 Å². The molecule has 25 heteroatoms. The van der Waals surface area contributed by atoms with Crippen LogP contribution in [0.4, 0.5) is 34.1 Å². The van der Waals surface area contributed by atoms with E-state index in [0.717, 1.165) is 0 Å². The van der Waals surface area contributed by atoms with Crippen molar-refractivity contribution in [1.29, 1.82) is 0 Å². The number of carboxylic acid groups (broad SMARTS) is 1. The number of ether oxygens (including phenoxy) is 2. The van der Waals surface area contributed by atoms with Crippen LogP contribution in [0.2, 0.25) is 0 Å². The molecule has 0 saturated carbocycles. The zero-order valence-electron chi connectivity index (χ0n) is 31.5. The van der Waals surface area contributed by atoms with E-state index in [1.807, 2.05) is 0 Å². The first kappa shape index (κ1) is 54.7. The molecule has 59 heavy (non-hydrogen) atoms. The van der Waals surface area contributed by atoms with Crippen molar-refractivity contribution < 1.29 is 169 Å². The van der Waals surface area contributed by atoms with Crippen LogP contribution in [0, 0.1) is 0 Å². The van der Waals surface area contributed by atoms with Gasteiger partial charge in [-0.25, -0.2) is 0 Å². The summed E-state index contributed by atoms with van der Waals surface area (Å²) in [6, 6.07) is 21.7. The minimum absolute atomic E-state index is 0. The van der Waals surface area contributed by atoms with E-state index in [0.29, 0.717) is 62.4 Å². The Labute approximate surface area is 421 Å². The number of rotatable bonds is 19. The van der Waals surface area contributed by atoms with Crippen LogP contribution in [-0.2, 0) is 45.3 Å². The monoisotopic (exact) mass is 923 g/mol. The van der Waals surface area contributed by atoms with Gasteiger partial charge in [-0.3, -0.25) is 14.9 Å². The Morgan fingerprint density at radius 3 is 2.10 bits per heavy atom. The number of azo groups is 2. The molecule has 0 aliphatic rings. The molecule has 5 aromatic rings. The Hall–Kier alpha value is -2.36. The second-order valence-corrected chi connectivity index (χ2v) is 12.3. The van der Waals surface area contributed by atoms with Crippen molar-refractivity contribution >= 4 is 80.9 Å². The summed E-state index contributed by atoms with van der Waals surface area (Å²) < 4.78 is 19.3. The van der Waals surface area contributed by atoms with Gasteiger partial charge in [0, 0.05) is 68.8 Å². The number of nitrogens with zero attached hydrogens (tertiary/aromatic N) is 4. The van der Waals surface area contributed by atoms with Gasteiger partial charge in [0.1, 0.15) is 35.3 Å². The number of carboxylic acids is 1. The molecule has 0 fully saturated rings. The fourth-order valence-electron chi connectivity index (χ4n) is 4.65. The van der Waals surface area contributed by atoms with Gasteiger partial charge in [-0.2, -0.15) is 13.8 Å². The topological polar surface area (TPSA) is 273 Å². The zero-order valence-corrected chi connectivity index (χ0v) is 40.1. The van der Waals surface area contributed by atoms with Crippen molar-refractivity contribution in [2.24, 2.45) is 20.5 Å². The van der Waals surface area contributed by atoms with Crippen molar-refractivity contribution in [1.82, 2.24) is 0 Å². The molecule has 19 nitrogen and oxygen atoms in total. The van der Waals surface area contributed by atoms with E-state index >= 15 is 0 Å². The number of phenolic OH excluding ortho intramolecular Hbond substituents is 2. The minimum atomic E-state index is -1.21. The van der Waals surface area contributed by atoms with E-state index in [9.17, 15) is 35.4 Å². The van der Waals surface area contributed by atoms with E-state index in [4.69, 9.17) is 9.47 Å². The maximum atomic E-state index is 13.0. The first-order valence-electron chi connectivity index (χ1n) is 15.5. The van der Waals surface area contributed by atoms with Crippen molar-refractivity contribution in [3.05, 3.63) is 90.5 Å². The molecular formula is C34H27CuN6Na3O13S2. The number of carbonyl (C=O) groups is 2. The number of hydrogen-bond donors (Lipinski definition) is 4. The van der Waals surface area contributed by atoms with E-state index in [-0.39, 0.29) is 165 Å². The first-order chi connectivity index (χ1) is 26.7. The summed E-state index contributed by atoms with van der Waals surface area (Å²) in [7, 11) is 1.37. The summed E-state index contributed by atoms with van der Waals surface area (Å²) in [6.45, 7) is 0.0579. The predicted octanol–water partition coefficient (Wildman–Crippen LogP) is -3.66. The van der Waals surface area contributed by atoms with Gasteiger partial charge in [-0.15, -0.1) is 15.3 Å². The van der Waals surface area contributed by atoms with Crippen LogP contribution in [0.3, 0.4) is 0 Å². The van der Waals surface area contributed by atoms with Crippen molar-refractivity contribution in [2.45, 2.75) is 16.2 Å². The maximum absolute atomic E-state index is 13.0. The maximum Gasteiger partial charge on any atom is 1.00 e. The molecule has 5 aromatic carbocycles. The number of hydrogen-bond acceptors (Lipinski definition) is 20. The van der Waals surface area contributed by atoms with Crippen LogP contribution in [0.15, 0.2) is 115 Å². The summed E-state index contributed by atoms with van der Waals surface area (Å²) in [6.07, 6.45) is -0.226. The fourth-order valence-corrected chi connectivity index (χ4v) is 5.50. The molecular weight excluding hydrogens is 897 g/mol. The van der Waals surface area contributed by atoms with Gasteiger partial charge in [0.15, 0.2) is 5.75 Å².